The fourth-order valence-electron chi connectivity index (χ4n) is 1.53. The summed E-state index contributed by atoms with van der Waals surface area (Å²) in [5, 5.41) is 7.19. The van der Waals surface area contributed by atoms with E-state index in [1.165, 1.54) is 0 Å². The number of carbonyl (C=O) groups excluding carboxylic acids is 1. The van der Waals surface area contributed by atoms with Crippen molar-refractivity contribution in [3.63, 3.8) is 0 Å². The van der Waals surface area contributed by atoms with Gasteiger partial charge in [0.05, 0.1) is 18.6 Å². The molecule has 0 atom stereocenters. The van der Waals surface area contributed by atoms with Crippen LogP contribution in [-0.4, -0.2) is 13.0 Å². The summed E-state index contributed by atoms with van der Waals surface area (Å²) in [6, 6.07) is 7.09. The lowest BCUT2D eigenvalue weighted by molar-refractivity contribution is -0.115. The molecule has 0 radical (unpaired) electrons. The van der Waals surface area contributed by atoms with Crippen molar-refractivity contribution in [3.8, 4) is 5.75 Å². The molecule has 0 aliphatic carbocycles. The van der Waals surface area contributed by atoms with E-state index in [1.54, 1.807) is 36.6 Å². The topological polar surface area (TPSA) is 38.3 Å². The van der Waals surface area contributed by atoms with Crippen LogP contribution in [0.4, 0.5) is 5.69 Å². The van der Waals surface area contributed by atoms with E-state index in [0.717, 1.165) is 5.56 Å². The number of anilines is 1. The first-order chi connectivity index (χ1) is 8.69. The fraction of sp³-hybridized carbons (Fsp3) is 0.154. The molecular formula is C13H12ClNO2S. The Bertz CT molecular complexity index is 540. The first-order valence-corrected chi connectivity index (χ1v) is 6.65. The molecule has 1 N–H and O–H groups in total. The SMILES string of the molecule is COc1ccc(NC(=O)Cc2ccsc2)cc1Cl. The van der Waals surface area contributed by atoms with Gasteiger partial charge in [0, 0.05) is 5.69 Å². The van der Waals surface area contributed by atoms with Crippen LogP contribution in [-0.2, 0) is 11.2 Å². The van der Waals surface area contributed by atoms with Crippen LogP contribution in [0.25, 0.3) is 0 Å². The maximum absolute atomic E-state index is 11.8. The van der Waals surface area contributed by atoms with Crippen LogP contribution < -0.4 is 10.1 Å². The minimum Gasteiger partial charge on any atom is -0.495 e. The van der Waals surface area contributed by atoms with Crippen molar-refractivity contribution >= 4 is 34.5 Å². The number of nitrogens with one attached hydrogen (secondary N) is 1. The number of methoxy groups -OCH3 is 1. The van der Waals surface area contributed by atoms with Gasteiger partial charge in [-0.15, -0.1) is 0 Å². The maximum Gasteiger partial charge on any atom is 0.228 e. The highest BCUT2D eigenvalue weighted by Crippen LogP contribution is 2.27. The van der Waals surface area contributed by atoms with Gasteiger partial charge in [0.2, 0.25) is 5.91 Å². The Hall–Kier alpha value is -1.52. The molecular weight excluding hydrogens is 270 g/mol. The third kappa shape index (κ3) is 3.24. The van der Waals surface area contributed by atoms with E-state index in [-0.39, 0.29) is 5.91 Å². The molecule has 0 saturated carbocycles. The van der Waals surface area contributed by atoms with E-state index in [4.69, 9.17) is 16.3 Å². The number of carbonyl (C=O) groups is 1. The molecule has 0 bridgehead atoms. The van der Waals surface area contributed by atoms with Crippen LogP contribution in [0.15, 0.2) is 35.0 Å². The molecule has 0 aliphatic heterocycles. The third-order valence-electron chi connectivity index (χ3n) is 2.38. The molecule has 3 nitrogen and oxygen atoms in total. The van der Waals surface area contributed by atoms with Crippen molar-refractivity contribution in [3.05, 3.63) is 45.6 Å². The van der Waals surface area contributed by atoms with E-state index < -0.39 is 0 Å². The zero-order chi connectivity index (χ0) is 13.0. The molecule has 1 heterocycles. The highest BCUT2D eigenvalue weighted by atomic mass is 35.5. The maximum atomic E-state index is 11.8. The predicted molar refractivity (Wildman–Crippen MR) is 74.7 cm³/mol. The molecule has 2 aromatic rings. The third-order valence-corrected chi connectivity index (χ3v) is 3.41. The first-order valence-electron chi connectivity index (χ1n) is 5.33. The normalized spacial score (nSPS) is 10.1. The summed E-state index contributed by atoms with van der Waals surface area (Å²) in [6.45, 7) is 0. The van der Waals surface area contributed by atoms with Gasteiger partial charge in [0.1, 0.15) is 5.75 Å². The number of benzene rings is 1. The van der Waals surface area contributed by atoms with E-state index in [0.29, 0.717) is 22.9 Å². The second-order valence-electron chi connectivity index (χ2n) is 3.71. The molecule has 18 heavy (non-hydrogen) atoms. The second kappa shape index (κ2) is 5.89. The van der Waals surface area contributed by atoms with Crippen LogP contribution >= 0.6 is 22.9 Å². The van der Waals surface area contributed by atoms with E-state index >= 15 is 0 Å². The number of hydrogen-bond donors (Lipinski definition) is 1. The van der Waals surface area contributed by atoms with Gasteiger partial charge in [-0.3, -0.25) is 4.79 Å². The quantitative estimate of drug-likeness (QED) is 0.930. The molecule has 5 heteroatoms. The lowest BCUT2D eigenvalue weighted by Gasteiger charge is -2.07. The Kier molecular flexibility index (Phi) is 4.23. The molecule has 0 aliphatic rings. The number of hydrogen-bond acceptors (Lipinski definition) is 3. The van der Waals surface area contributed by atoms with E-state index in [9.17, 15) is 4.79 Å². The largest absolute Gasteiger partial charge is 0.495 e. The molecule has 0 saturated heterocycles. The number of halogens is 1. The van der Waals surface area contributed by atoms with Gasteiger partial charge < -0.3 is 10.1 Å². The fourth-order valence-corrected chi connectivity index (χ4v) is 2.45. The van der Waals surface area contributed by atoms with Gasteiger partial charge >= 0.3 is 0 Å². The summed E-state index contributed by atoms with van der Waals surface area (Å²) in [4.78, 5) is 11.8. The van der Waals surface area contributed by atoms with Crippen molar-refractivity contribution in [2.75, 3.05) is 12.4 Å². The lowest BCUT2D eigenvalue weighted by Crippen LogP contribution is -2.13. The van der Waals surface area contributed by atoms with Gasteiger partial charge in [-0.1, -0.05) is 11.6 Å². The first kappa shape index (κ1) is 12.9. The number of amides is 1. The Morgan fingerprint density at radius 2 is 2.28 bits per heavy atom. The average molecular weight is 282 g/mol. The van der Waals surface area contributed by atoms with Crippen molar-refractivity contribution in [1.29, 1.82) is 0 Å². The standard InChI is InChI=1S/C13H12ClNO2S/c1-17-12-3-2-10(7-11(12)14)15-13(16)6-9-4-5-18-8-9/h2-5,7-8H,6H2,1H3,(H,15,16). The summed E-state index contributed by atoms with van der Waals surface area (Å²) in [5.74, 6) is 0.530. The molecule has 1 aromatic carbocycles. The highest BCUT2D eigenvalue weighted by molar-refractivity contribution is 7.08. The van der Waals surface area contributed by atoms with Gasteiger partial charge in [-0.25, -0.2) is 0 Å². The summed E-state index contributed by atoms with van der Waals surface area (Å²) in [7, 11) is 1.55. The van der Waals surface area contributed by atoms with Gasteiger partial charge in [-0.05, 0) is 40.6 Å². The Morgan fingerprint density at radius 1 is 1.44 bits per heavy atom. The van der Waals surface area contributed by atoms with Crippen molar-refractivity contribution in [1.82, 2.24) is 0 Å². The number of ether oxygens (including phenoxy) is 1. The highest BCUT2D eigenvalue weighted by Gasteiger charge is 2.06. The average Bonchev–Trinajstić information content (AvgIpc) is 2.82. The molecule has 2 rings (SSSR count). The number of rotatable bonds is 4. The summed E-state index contributed by atoms with van der Waals surface area (Å²) < 4.78 is 5.05. The smallest absolute Gasteiger partial charge is 0.228 e. The van der Waals surface area contributed by atoms with Crippen LogP contribution in [0.2, 0.25) is 5.02 Å². The van der Waals surface area contributed by atoms with E-state index in [2.05, 4.69) is 5.32 Å². The Balaban J connectivity index is 2.01. The molecule has 0 spiro atoms. The summed E-state index contributed by atoms with van der Waals surface area (Å²) in [6.07, 6.45) is 0.368. The van der Waals surface area contributed by atoms with Crippen LogP contribution in [0.5, 0.6) is 5.75 Å². The monoisotopic (exact) mass is 281 g/mol. The van der Waals surface area contributed by atoms with Crippen LogP contribution in [0, 0.1) is 0 Å². The predicted octanol–water partition coefficient (Wildman–Crippen LogP) is 3.59. The Labute approximate surface area is 114 Å². The second-order valence-corrected chi connectivity index (χ2v) is 4.89. The summed E-state index contributed by atoms with van der Waals surface area (Å²) in [5.41, 5.74) is 1.68. The van der Waals surface area contributed by atoms with Gasteiger partial charge in [0.25, 0.3) is 0 Å². The van der Waals surface area contributed by atoms with Crippen molar-refractivity contribution in [2.45, 2.75) is 6.42 Å². The van der Waals surface area contributed by atoms with Crippen molar-refractivity contribution in [2.24, 2.45) is 0 Å². The zero-order valence-electron chi connectivity index (χ0n) is 9.77. The van der Waals surface area contributed by atoms with Crippen LogP contribution in [0.3, 0.4) is 0 Å². The molecule has 0 fully saturated rings. The van der Waals surface area contributed by atoms with E-state index in [1.807, 2.05) is 16.8 Å². The Morgan fingerprint density at radius 3 is 2.89 bits per heavy atom. The molecule has 1 amide bonds. The van der Waals surface area contributed by atoms with Gasteiger partial charge in [0.15, 0.2) is 0 Å². The molecule has 94 valence electrons. The van der Waals surface area contributed by atoms with Crippen molar-refractivity contribution < 1.29 is 9.53 Å². The lowest BCUT2D eigenvalue weighted by atomic mass is 10.2. The molecule has 1 aromatic heterocycles. The minimum atomic E-state index is -0.0605. The minimum absolute atomic E-state index is 0.0605. The molecule has 0 unspecified atom stereocenters. The van der Waals surface area contributed by atoms with Gasteiger partial charge in [-0.2, -0.15) is 11.3 Å². The van der Waals surface area contributed by atoms with Crippen LogP contribution in [0.1, 0.15) is 5.56 Å². The number of thiophene rings is 1. The zero-order valence-corrected chi connectivity index (χ0v) is 11.3. The summed E-state index contributed by atoms with van der Waals surface area (Å²) >= 11 is 7.56.